The Morgan fingerprint density at radius 2 is 1.53 bits per heavy atom. The first-order valence-corrected chi connectivity index (χ1v) is 5.09. The van der Waals surface area contributed by atoms with Gasteiger partial charge < -0.3 is 25.2 Å². The summed E-state index contributed by atoms with van der Waals surface area (Å²) < 4.78 is 5.38. The minimum atomic E-state index is -1.28. The first-order chi connectivity index (χ1) is 6.79. The van der Waals surface area contributed by atoms with Gasteiger partial charge in [0.1, 0.15) is 24.4 Å². The molecule has 0 spiro atoms. The van der Waals surface area contributed by atoms with Crippen LogP contribution in [0.4, 0.5) is 0 Å². The van der Waals surface area contributed by atoms with Gasteiger partial charge in [0.25, 0.3) is 0 Å². The molecule has 0 saturated carbocycles. The summed E-state index contributed by atoms with van der Waals surface area (Å²) in [6.45, 7) is 5.21. The van der Waals surface area contributed by atoms with Crippen molar-refractivity contribution in [3.63, 3.8) is 0 Å². The maximum atomic E-state index is 9.74. The van der Waals surface area contributed by atoms with E-state index >= 15 is 0 Å². The Kier molecular flexibility index (Phi) is 3.73. The molecular formula is C10H20O5. The number of aliphatic hydroxyl groups is 4. The van der Waals surface area contributed by atoms with Gasteiger partial charge in [-0.05, 0) is 5.41 Å². The molecule has 0 aromatic carbocycles. The van der Waals surface area contributed by atoms with Crippen molar-refractivity contribution < 1.29 is 25.2 Å². The van der Waals surface area contributed by atoms with E-state index in [0.717, 1.165) is 0 Å². The summed E-state index contributed by atoms with van der Waals surface area (Å²) in [6, 6.07) is 0. The normalized spacial score (nSPS) is 43.0. The van der Waals surface area contributed by atoms with E-state index in [0.29, 0.717) is 0 Å². The molecule has 1 aliphatic rings. The molecule has 5 nitrogen and oxygen atoms in total. The van der Waals surface area contributed by atoms with E-state index in [1.165, 1.54) is 0 Å². The molecule has 1 fully saturated rings. The Hall–Kier alpha value is -0.200. The van der Waals surface area contributed by atoms with Gasteiger partial charge in [-0.15, -0.1) is 0 Å². The second-order valence-corrected chi connectivity index (χ2v) is 5.12. The average Bonchev–Trinajstić information content (AvgIpc) is 2.13. The van der Waals surface area contributed by atoms with Gasteiger partial charge in [-0.25, -0.2) is 0 Å². The molecule has 2 unspecified atom stereocenters. The quantitative estimate of drug-likeness (QED) is 0.449. The highest BCUT2D eigenvalue weighted by Crippen LogP contribution is 2.32. The van der Waals surface area contributed by atoms with Crippen molar-refractivity contribution in [3.8, 4) is 0 Å². The van der Waals surface area contributed by atoms with Crippen molar-refractivity contribution >= 4 is 0 Å². The molecule has 1 aliphatic heterocycles. The van der Waals surface area contributed by atoms with E-state index in [2.05, 4.69) is 0 Å². The third kappa shape index (κ3) is 2.49. The van der Waals surface area contributed by atoms with Crippen molar-refractivity contribution in [1.29, 1.82) is 0 Å². The lowest BCUT2D eigenvalue weighted by Gasteiger charge is -2.45. The lowest BCUT2D eigenvalue weighted by Crippen LogP contribution is -2.61. The molecule has 5 heteroatoms. The molecule has 0 aromatic heterocycles. The molecule has 0 bridgehead atoms. The smallest absolute Gasteiger partial charge is 0.111 e. The molecule has 90 valence electrons. The Morgan fingerprint density at radius 1 is 1.00 bits per heavy atom. The predicted octanol–water partition coefficient (Wildman–Crippen LogP) is -1.13. The number of rotatable bonds is 1. The highest BCUT2D eigenvalue weighted by Gasteiger charge is 2.47. The van der Waals surface area contributed by atoms with Gasteiger partial charge in [0, 0.05) is 0 Å². The number of hydrogen-bond donors (Lipinski definition) is 4. The number of hydrogen-bond acceptors (Lipinski definition) is 5. The third-order valence-corrected chi connectivity index (χ3v) is 2.75. The largest absolute Gasteiger partial charge is 0.394 e. The second-order valence-electron chi connectivity index (χ2n) is 5.12. The maximum absolute atomic E-state index is 9.74. The van der Waals surface area contributed by atoms with Gasteiger partial charge in [-0.3, -0.25) is 0 Å². The van der Waals surface area contributed by atoms with Gasteiger partial charge in [0.05, 0.1) is 12.7 Å². The minimum absolute atomic E-state index is 0.367. The highest BCUT2D eigenvalue weighted by atomic mass is 16.5. The SMILES string of the molecule is CC(C)(C)[C@@H]1OC(CO)[C@H](O)C(O)[C@@H]1O. The van der Waals surface area contributed by atoms with Crippen molar-refractivity contribution in [3.05, 3.63) is 0 Å². The van der Waals surface area contributed by atoms with Crippen LogP contribution < -0.4 is 0 Å². The van der Waals surface area contributed by atoms with E-state index in [9.17, 15) is 15.3 Å². The zero-order chi connectivity index (χ0) is 11.8. The first kappa shape index (κ1) is 12.9. The van der Waals surface area contributed by atoms with Crippen molar-refractivity contribution in [2.24, 2.45) is 5.41 Å². The topological polar surface area (TPSA) is 90.2 Å². The number of aliphatic hydroxyl groups excluding tert-OH is 4. The molecule has 0 aliphatic carbocycles. The summed E-state index contributed by atoms with van der Waals surface area (Å²) in [5, 5.41) is 37.8. The van der Waals surface area contributed by atoms with Crippen molar-refractivity contribution in [2.75, 3.05) is 6.61 Å². The van der Waals surface area contributed by atoms with Gasteiger partial charge >= 0.3 is 0 Å². The maximum Gasteiger partial charge on any atom is 0.111 e. The Bertz CT molecular complexity index is 210. The summed E-state index contributed by atoms with van der Waals surface area (Å²) in [7, 11) is 0. The van der Waals surface area contributed by atoms with Crippen LogP contribution in [0.5, 0.6) is 0 Å². The molecule has 1 saturated heterocycles. The standard InChI is InChI=1S/C10H20O5/c1-10(2,3)9-8(14)7(13)6(12)5(4-11)15-9/h5-9,11-14H,4H2,1-3H3/t5?,6-,7?,8-,9+/m0/s1. The van der Waals surface area contributed by atoms with Crippen molar-refractivity contribution in [1.82, 2.24) is 0 Å². The van der Waals surface area contributed by atoms with Crippen LogP contribution in [0.3, 0.4) is 0 Å². The average molecular weight is 220 g/mol. The van der Waals surface area contributed by atoms with Gasteiger partial charge in [-0.2, -0.15) is 0 Å². The molecule has 4 N–H and O–H groups in total. The molecule has 5 atom stereocenters. The molecular weight excluding hydrogens is 200 g/mol. The van der Waals surface area contributed by atoms with Crippen LogP contribution in [0.2, 0.25) is 0 Å². The van der Waals surface area contributed by atoms with Crippen LogP contribution in [-0.4, -0.2) is 57.6 Å². The summed E-state index contributed by atoms with van der Waals surface area (Å²) in [6.07, 6.45) is -5.10. The lowest BCUT2D eigenvalue weighted by molar-refractivity contribution is -0.250. The van der Waals surface area contributed by atoms with Crippen LogP contribution >= 0.6 is 0 Å². The van der Waals surface area contributed by atoms with E-state index < -0.39 is 30.5 Å². The van der Waals surface area contributed by atoms with Gasteiger partial charge in [-0.1, -0.05) is 20.8 Å². The zero-order valence-corrected chi connectivity index (χ0v) is 9.29. The monoisotopic (exact) mass is 220 g/mol. The molecule has 0 amide bonds. The summed E-state index contributed by atoms with van der Waals surface area (Å²) in [5.41, 5.74) is -0.367. The van der Waals surface area contributed by atoms with E-state index in [1.807, 2.05) is 20.8 Å². The van der Waals surface area contributed by atoms with Crippen LogP contribution in [-0.2, 0) is 4.74 Å². The molecule has 15 heavy (non-hydrogen) atoms. The fourth-order valence-electron chi connectivity index (χ4n) is 1.82. The fourth-order valence-corrected chi connectivity index (χ4v) is 1.82. The van der Waals surface area contributed by atoms with Crippen LogP contribution in [0.1, 0.15) is 20.8 Å². The molecule has 1 rings (SSSR count). The van der Waals surface area contributed by atoms with Crippen LogP contribution in [0.25, 0.3) is 0 Å². The van der Waals surface area contributed by atoms with Crippen molar-refractivity contribution in [2.45, 2.75) is 51.3 Å². The molecule has 0 aromatic rings. The Balaban J connectivity index is 2.83. The van der Waals surface area contributed by atoms with Gasteiger partial charge in [0.2, 0.25) is 0 Å². The lowest BCUT2D eigenvalue weighted by atomic mass is 9.80. The third-order valence-electron chi connectivity index (χ3n) is 2.75. The van der Waals surface area contributed by atoms with E-state index in [-0.39, 0.29) is 12.0 Å². The first-order valence-electron chi connectivity index (χ1n) is 5.09. The van der Waals surface area contributed by atoms with Crippen LogP contribution in [0.15, 0.2) is 0 Å². The minimum Gasteiger partial charge on any atom is -0.394 e. The summed E-state index contributed by atoms with van der Waals surface area (Å²) in [4.78, 5) is 0. The highest BCUT2D eigenvalue weighted by molar-refractivity contribution is 4.96. The Morgan fingerprint density at radius 3 is 1.93 bits per heavy atom. The summed E-state index contributed by atoms with van der Waals surface area (Å²) in [5.74, 6) is 0. The van der Waals surface area contributed by atoms with E-state index in [1.54, 1.807) is 0 Å². The molecule has 1 heterocycles. The number of ether oxygens (including phenoxy) is 1. The zero-order valence-electron chi connectivity index (χ0n) is 9.29. The fraction of sp³-hybridized carbons (Fsp3) is 1.00. The van der Waals surface area contributed by atoms with E-state index in [4.69, 9.17) is 9.84 Å². The predicted molar refractivity (Wildman–Crippen MR) is 53.2 cm³/mol. The Labute approximate surface area is 89.3 Å². The second kappa shape index (κ2) is 4.35. The van der Waals surface area contributed by atoms with Gasteiger partial charge in [0.15, 0.2) is 0 Å². The molecule has 0 radical (unpaired) electrons. The van der Waals surface area contributed by atoms with Crippen LogP contribution in [0, 0.1) is 5.41 Å². The summed E-state index contributed by atoms with van der Waals surface area (Å²) >= 11 is 0.